The number of aliphatic hydroxyl groups excluding tert-OH is 2. The van der Waals surface area contributed by atoms with Crippen LogP contribution >= 0.6 is 0 Å². The molecule has 0 aromatic rings. The smallest absolute Gasteiger partial charge is 0.0780 e. The highest BCUT2D eigenvalue weighted by Gasteiger charge is 1.98. The number of rotatable bonds is 13. The summed E-state index contributed by atoms with van der Waals surface area (Å²) in [7, 11) is 3.32. The van der Waals surface area contributed by atoms with E-state index in [0.29, 0.717) is 26.2 Å². The van der Waals surface area contributed by atoms with Crippen LogP contribution in [0, 0.1) is 0 Å². The van der Waals surface area contributed by atoms with Gasteiger partial charge in [-0.25, -0.2) is 0 Å². The van der Waals surface area contributed by atoms with E-state index in [1.807, 2.05) is 6.92 Å². The Kier molecular flexibility index (Phi) is 23.2. The number of aliphatic hydroxyl groups is 2. The van der Waals surface area contributed by atoms with Crippen LogP contribution in [0.1, 0.15) is 26.2 Å². The lowest BCUT2D eigenvalue weighted by atomic mass is 10.4. The van der Waals surface area contributed by atoms with Gasteiger partial charge in [0.05, 0.1) is 12.7 Å². The SMILES string of the molecule is COCC(C)OCCCO.COCCCOCCCO. The molecule has 0 amide bonds. The first kappa shape index (κ1) is 22.0. The number of ether oxygens (including phenoxy) is 4. The quantitative estimate of drug-likeness (QED) is 0.491. The van der Waals surface area contributed by atoms with Gasteiger partial charge in [-0.3, -0.25) is 0 Å². The van der Waals surface area contributed by atoms with Crippen LogP contribution in [0.4, 0.5) is 0 Å². The first-order valence-corrected chi connectivity index (χ1v) is 7.11. The van der Waals surface area contributed by atoms with Crippen LogP contribution < -0.4 is 0 Å². The molecule has 0 aromatic heterocycles. The molecule has 0 aliphatic rings. The van der Waals surface area contributed by atoms with Gasteiger partial charge in [-0.15, -0.1) is 0 Å². The third-order valence-electron chi connectivity index (χ3n) is 2.19. The molecule has 0 heterocycles. The minimum Gasteiger partial charge on any atom is -0.396 e. The van der Waals surface area contributed by atoms with E-state index in [2.05, 4.69) is 0 Å². The van der Waals surface area contributed by atoms with E-state index in [1.54, 1.807) is 14.2 Å². The summed E-state index contributed by atoms with van der Waals surface area (Å²) in [5, 5.41) is 16.8. The van der Waals surface area contributed by atoms with Gasteiger partial charge in [0.2, 0.25) is 0 Å². The van der Waals surface area contributed by atoms with Gasteiger partial charge in [0.25, 0.3) is 0 Å². The van der Waals surface area contributed by atoms with E-state index in [9.17, 15) is 0 Å². The van der Waals surface area contributed by atoms with E-state index in [0.717, 1.165) is 26.1 Å². The van der Waals surface area contributed by atoms with Gasteiger partial charge in [-0.1, -0.05) is 0 Å². The molecule has 20 heavy (non-hydrogen) atoms. The molecule has 0 aliphatic heterocycles. The molecule has 6 nitrogen and oxygen atoms in total. The van der Waals surface area contributed by atoms with E-state index >= 15 is 0 Å². The summed E-state index contributed by atoms with van der Waals surface area (Å²) >= 11 is 0. The van der Waals surface area contributed by atoms with Crippen LogP contribution in [0.3, 0.4) is 0 Å². The standard InChI is InChI=1S/2C7H16O3/c1-7(6-9-2)10-5-3-4-8;1-9-5-3-7-10-6-2-4-8/h7-8H,3-6H2,1-2H3;8H,2-7H2,1H3. The zero-order valence-electron chi connectivity index (χ0n) is 13.2. The highest BCUT2D eigenvalue weighted by molar-refractivity contribution is 4.45. The van der Waals surface area contributed by atoms with Gasteiger partial charge in [0.1, 0.15) is 0 Å². The van der Waals surface area contributed by atoms with Gasteiger partial charge >= 0.3 is 0 Å². The Morgan fingerprint density at radius 3 is 1.95 bits per heavy atom. The van der Waals surface area contributed by atoms with Crippen molar-refractivity contribution in [3.63, 3.8) is 0 Å². The second-order valence-electron chi connectivity index (χ2n) is 4.25. The maximum Gasteiger partial charge on any atom is 0.0780 e. The van der Waals surface area contributed by atoms with Gasteiger partial charge in [0, 0.05) is 53.9 Å². The Morgan fingerprint density at radius 1 is 0.800 bits per heavy atom. The fourth-order valence-corrected chi connectivity index (χ4v) is 1.21. The Balaban J connectivity index is 0. The first-order chi connectivity index (χ1) is 9.72. The van der Waals surface area contributed by atoms with Gasteiger partial charge < -0.3 is 29.2 Å². The molecule has 1 unspecified atom stereocenters. The van der Waals surface area contributed by atoms with Crippen LogP contribution in [-0.4, -0.2) is 76.8 Å². The van der Waals surface area contributed by atoms with Crippen molar-refractivity contribution in [2.45, 2.75) is 32.3 Å². The maximum atomic E-state index is 8.40. The normalized spacial score (nSPS) is 11.8. The Hall–Kier alpha value is -0.240. The molecular weight excluding hydrogens is 264 g/mol. The monoisotopic (exact) mass is 296 g/mol. The van der Waals surface area contributed by atoms with Crippen molar-refractivity contribution in [3.05, 3.63) is 0 Å². The third-order valence-corrected chi connectivity index (χ3v) is 2.19. The van der Waals surface area contributed by atoms with E-state index < -0.39 is 0 Å². The summed E-state index contributed by atoms with van der Waals surface area (Å²) in [6.07, 6.45) is 2.50. The van der Waals surface area contributed by atoms with Crippen LogP contribution in [0.5, 0.6) is 0 Å². The second-order valence-corrected chi connectivity index (χ2v) is 4.25. The molecule has 0 saturated carbocycles. The summed E-state index contributed by atoms with van der Waals surface area (Å²) in [5.74, 6) is 0. The van der Waals surface area contributed by atoms with Gasteiger partial charge in [-0.2, -0.15) is 0 Å². The van der Waals surface area contributed by atoms with Crippen LogP contribution in [-0.2, 0) is 18.9 Å². The summed E-state index contributed by atoms with van der Waals surface area (Å²) < 4.78 is 20.0. The molecule has 1 atom stereocenters. The zero-order valence-corrected chi connectivity index (χ0v) is 13.2. The van der Waals surface area contributed by atoms with E-state index in [-0.39, 0.29) is 19.3 Å². The lowest BCUT2D eigenvalue weighted by Crippen LogP contribution is -2.15. The van der Waals surface area contributed by atoms with E-state index in [4.69, 9.17) is 29.2 Å². The van der Waals surface area contributed by atoms with Crippen molar-refractivity contribution in [2.75, 3.05) is 60.5 Å². The number of hydrogen-bond donors (Lipinski definition) is 2. The molecule has 2 N–H and O–H groups in total. The summed E-state index contributed by atoms with van der Waals surface area (Å²) in [6.45, 7) is 5.71. The lowest BCUT2D eigenvalue weighted by molar-refractivity contribution is 0.00422. The molecule has 0 saturated heterocycles. The summed E-state index contributed by atoms with van der Waals surface area (Å²) in [6, 6.07) is 0. The van der Waals surface area contributed by atoms with Crippen molar-refractivity contribution >= 4 is 0 Å². The maximum absolute atomic E-state index is 8.40. The van der Waals surface area contributed by atoms with Gasteiger partial charge in [0.15, 0.2) is 0 Å². The topological polar surface area (TPSA) is 77.4 Å². The van der Waals surface area contributed by atoms with Crippen LogP contribution in [0.15, 0.2) is 0 Å². The summed E-state index contributed by atoms with van der Waals surface area (Å²) in [4.78, 5) is 0. The van der Waals surface area contributed by atoms with Crippen molar-refractivity contribution in [1.29, 1.82) is 0 Å². The van der Waals surface area contributed by atoms with Crippen molar-refractivity contribution in [2.24, 2.45) is 0 Å². The number of methoxy groups -OCH3 is 2. The van der Waals surface area contributed by atoms with Crippen LogP contribution in [0.2, 0.25) is 0 Å². The molecule has 0 bridgehead atoms. The molecule has 124 valence electrons. The fourth-order valence-electron chi connectivity index (χ4n) is 1.21. The minimum absolute atomic E-state index is 0.136. The molecule has 0 aromatic carbocycles. The largest absolute Gasteiger partial charge is 0.396 e. The predicted octanol–water partition coefficient (Wildman–Crippen LogP) is 0.842. The zero-order chi connectivity index (χ0) is 15.5. The summed E-state index contributed by atoms with van der Waals surface area (Å²) in [5.41, 5.74) is 0. The molecule has 0 spiro atoms. The molecule has 0 rings (SSSR count). The molecule has 0 aliphatic carbocycles. The third kappa shape index (κ3) is 22.9. The first-order valence-electron chi connectivity index (χ1n) is 7.11. The van der Waals surface area contributed by atoms with Crippen molar-refractivity contribution < 1.29 is 29.2 Å². The molecule has 0 radical (unpaired) electrons. The fraction of sp³-hybridized carbons (Fsp3) is 1.00. The predicted molar refractivity (Wildman–Crippen MR) is 78.0 cm³/mol. The Labute approximate surface area is 123 Å². The van der Waals surface area contributed by atoms with Crippen molar-refractivity contribution in [1.82, 2.24) is 0 Å². The Bertz CT molecular complexity index is 149. The van der Waals surface area contributed by atoms with Gasteiger partial charge in [-0.05, 0) is 26.2 Å². The molecule has 0 fully saturated rings. The lowest BCUT2D eigenvalue weighted by Gasteiger charge is -2.10. The van der Waals surface area contributed by atoms with Crippen LogP contribution in [0.25, 0.3) is 0 Å². The Morgan fingerprint density at radius 2 is 1.40 bits per heavy atom. The average Bonchev–Trinajstić information content (AvgIpc) is 2.44. The number of hydrogen-bond acceptors (Lipinski definition) is 6. The minimum atomic E-state index is 0.136. The molecule has 6 heteroatoms. The second kappa shape index (κ2) is 21.1. The molecular formula is C14H32O6. The van der Waals surface area contributed by atoms with Crippen molar-refractivity contribution in [3.8, 4) is 0 Å². The highest BCUT2D eigenvalue weighted by atomic mass is 16.5. The van der Waals surface area contributed by atoms with E-state index in [1.165, 1.54) is 0 Å². The highest BCUT2D eigenvalue weighted by Crippen LogP contribution is 1.91. The average molecular weight is 296 g/mol.